The highest BCUT2D eigenvalue weighted by molar-refractivity contribution is 5.32. The van der Waals surface area contributed by atoms with Gasteiger partial charge in [0.1, 0.15) is 11.5 Å². The maximum Gasteiger partial charge on any atom is 0.120 e. The third-order valence-electron chi connectivity index (χ3n) is 5.32. The first-order chi connectivity index (χ1) is 14.4. The van der Waals surface area contributed by atoms with Crippen LogP contribution >= 0.6 is 0 Å². The van der Waals surface area contributed by atoms with Crippen LogP contribution in [0.15, 0.2) is 48.5 Å². The first kappa shape index (κ1) is 24.2. The summed E-state index contributed by atoms with van der Waals surface area (Å²) in [6.07, 6.45) is -0.351. The number of nitrogens with zero attached hydrogens (tertiary/aromatic N) is 3. The summed E-state index contributed by atoms with van der Waals surface area (Å²) >= 11 is 0. The molecule has 2 aromatic carbocycles. The van der Waals surface area contributed by atoms with E-state index in [1.807, 2.05) is 43.4 Å². The molecule has 2 aromatic rings. The van der Waals surface area contributed by atoms with Crippen LogP contribution in [0.25, 0.3) is 0 Å². The summed E-state index contributed by atoms with van der Waals surface area (Å²) in [7, 11) is 2.02. The first-order valence-electron chi connectivity index (χ1n) is 10.7. The van der Waals surface area contributed by atoms with Crippen molar-refractivity contribution in [1.29, 1.82) is 0 Å². The van der Waals surface area contributed by atoms with Crippen molar-refractivity contribution in [3.05, 3.63) is 59.7 Å². The van der Waals surface area contributed by atoms with Crippen LogP contribution in [-0.4, -0.2) is 82.4 Å². The molecule has 0 radical (unpaired) electrons. The molecule has 0 aliphatic rings. The van der Waals surface area contributed by atoms with E-state index >= 15 is 0 Å². The number of benzene rings is 2. The van der Waals surface area contributed by atoms with E-state index in [1.165, 1.54) is 0 Å². The Labute approximate surface area is 181 Å². The van der Waals surface area contributed by atoms with Gasteiger partial charge in [-0.25, -0.2) is 0 Å². The Kier molecular flexibility index (Phi) is 10.1. The van der Waals surface area contributed by atoms with E-state index in [1.54, 1.807) is 19.1 Å². The highest BCUT2D eigenvalue weighted by atomic mass is 16.3. The van der Waals surface area contributed by atoms with Crippen molar-refractivity contribution in [2.75, 3.05) is 46.3 Å². The van der Waals surface area contributed by atoms with E-state index in [0.717, 1.165) is 43.9 Å². The monoisotopic (exact) mass is 415 g/mol. The van der Waals surface area contributed by atoms with Gasteiger partial charge in [0, 0.05) is 56.9 Å². The van der Waals surface area contributed by atoms with Gasteiger partial charge in [-0.05, 0) is 32.6 Å². The van der Waals surface area contributed by atoms with Gasteiger partial charge in [-0.1, -0.05) is 43.3 Å². The number of aliphatic hydroxyl groups excluding tert-OH is 1. The van der Waals surface area contributed by atoms with Crippen LogP contribution in [0.1, 0.15) is 25.0 Å². The summed E-state index contributed by atoms with van der Waals surface area (Å²) in [6.45, 7) is 10.2. The summed E-state index contributed by atoms with van der Waals surface area (Å²) < 4.78 is 0. The van der Waals surface area contributed by atoms with Gasteiger partial charge in [0.05, 0.1) is 6.10 Å². The summed E-state index contributed by atoms with van der Waals surface area (Å²) in [5, 5.41) is 29.9. The normalized spacial score (nSPS) is 12.8. The van der Waals surface area contributed by atoms with Gasteiger partial charge in [0.25, 0.3) is 0 Å². The van der Waals surface area contributed by atoms with Crippen molar-refractivity contribution < 1.29 is 15.3 Å². The van der Waals surface area contributed by atoms with Gasteiger partial charge in [-0.3, -0.25) is 9.80 Å². The summed E-state index contributed by atoms with van der Waals surface area (Å²) in [5.41, 5.74) is 1.85. The minimum Gasteiger partial charge on any atom is -0.508 e. The predicted molar refractivity (Wildman–Crippen MR) is 122 cm³/mol. The zero-order valence-electron chi connectivity index (χ0n) is 18.5. The van der Waals surface area contributed by atoms with E-state index in [2.05, 4.69) is 21.6 Å². The number of para-hydroxylation sites is 2. The fraction of sp³-hybridized carbons (Fsp3) is 0.500. The number of hydrogen-bond acceptors (Lipinski definition) is 6. The average molecular weight is 416 g/mol. The van der Waals surface area contributed by atoms with Gasteiger partial charge < -0.3 is 20.2 Å². The van der Waals surface area contributed by atoms with Crippen molar-refractivity contribution in [3.63, 3.8) is 0 Å². The van der Waals surface area contributed by atoms with E-state index in [-0.39, 0.29) is 6.10 Å². The smallest absolute Gasteiger partial charge is 0.120 e. The molecule has 2 rings (SSSR count). The average Bonchev–Trinajstić information content (AvgIpc) is 2.71. The molecule has 3 N–H and O–H groups in total. The quantitative estimate of drug-likeness (QED) is 0.467. The van der Waals surface area contributed by atoms with E-state index in [0.29, 0.717) is 31.1 Å². The summed E-state index contributed by atoms with van der Waals surface area (Å²) in [4.78, 5) is 6.77. The molecule has 0 saturated carbocycles. The second-order valence-electron chi connectivity index (χ2n) is 8.01. The van der Waals surface area contributed by atoms with Gasteiger partial charge >= 0.3 is 0 Å². The lowest BCUT2D eigenvalue weighted by atomic mass is 10.1. The molecule has 1 atom stereocenters. The highest BCUT2D eigenvalue weighted by Gasteiger charge is 2.14. The Hall–Kier alpha value is -2.12. The topological polar surface area (TPSA) is 70.4 Å². The van der Waals surface area contributed by atoms with Gasteiger partial charge in [-0.2, -0.15) is 0 Å². The second kappa shape index (κ2) is 12.5. The van der Waals surface area contributed by atoms with Crippen LogP contribution in [0.5, 0.6) is 11.5 Å². The number of phenols is 2. The van der Waals surface area contributed by atoms with Crippen LogP contribution < -0.4 is 0 Å². The highest BCUT2D eigenvalue weighted by Crippen LogP contribution is 2.19. The predicted octanol–water partition coefficient (Wildman–Crippen LogP) is 2.73. The van der Waals surface area contributed by atoms with E-state index in [9.17, 15) is 15.3 Å². The molecule has 6 heteroatoms. The summed E-state index contributed by atoms with van der Waals surface area (Å²) in [5.74, 6) is 0.656. The van der Waals surface area contributed by atoms with E-state index in [4.69, 9.17) is 0 Å². The van der Waals surface area contributed by atoms with Crippen molar-refractivity contribution in [2.24, 2.45) is 0 Å². The van der Waals surface area contributed by atoms with Crippen LogP contribution in [0.2, 0.25) is 0 Å². The van der Waals surface area contributed by atoms with Crippen molar-refractivity contribution in [2.45, 2.75) is 33.0 Å². The largest absolute Gasteiger partial charge is 0.508 e. The fourth-order valence-electron chi connectivity index (χ4n) is 3.53. The van der Waals surface area contributed by atoms with Crippen LogP contribution in [0, 0.1) is 0 Å². The Bertz CT molecular complexity index is 754. The Morgan fingerprint density at radius 3 is 1.73 bits per heavy atom. The lowest BCUT2D eigenvalue weighted by Gasteiger charge is -2.29. The number of phenolic OH excluding ortho intramolecular Hbond substituents is 2. The number of hydrogen-bond donors (Lipinski definition) is 3. The molecular formula is C24H37N3O3. The molecule has 30 heavy (non-hydrogen) atoms. The number of likely N-dealkylation sites (N-methyl/N-ethyl adjacent to an activating group) is 2. The molecule has 0 fully saturated rings. The molecule has 0 heterocycles. The minimum absolute atomic E-state index is 0.321. The standard InChI is InChI=1S/C24H37N3O3/c1-4-26(18-21-9-5-7-11-23(21)29)15-16-27(14-13-25(3)17-20(2)28)19-22-10-6-8-12-24(22)30/h5-12,20,28-30H,4,13-19H2,1-3H3/t20-/m0/s1. The zero-order chi connectivity index (χ0) is 21.9. The molecule has 0 saturated heterocycles. The lowest BCUT2D eigenvalue weighted by molar-refractivity contribution is 0.126. The molecular weight excluding hydrogens is 378 g/mol. The van der Waals surface area contributed by atoms with Gasteiger partial charge in [0.15, 0.2) is 0 Å². The minimum atomic E-state index is -0.351. The first-order valence-corrected chi connectivity index (χ1v) is 10.7. The van der Waals surface area contributed by atoms with Gasteiger partial charge in [-0.15, -0.1) is 0 Å². The van der Waals surface area contributed by atoms with Crippen molar-refractivity contribution >= 4 is 0 Å². The van der Waals surface area contributed by atoms with Crippen molar-refractivity contribution in [1.82, 2.24) is 14.7 Å². The maximum absolute atomic E-state index is 10.2. The molecule has 0 spiro atoms. The summed E-state index contributed by atoms with van der Waals surface area (Å²) in [6, 6.07) is 15.0. The fourth-order valence-corrected chi connectivity index (χ4v) is 3.53. The Morgan fingerprint density at radius 2 is 1.23 bits per heavy atom. The SMILES string of the molecule is CCN(CCN(CCN(C)C[C@H](C)O)Cc1ccccc1O)Cc1ccccc1O. The Morgan fingerprint density at radius 1 is 0.767 bits per heavy atom. The molecule has 0 aliphatic carbocycles. The molecule has 0 bridgehead atoms. The Balaban J connectivity index is 1.99. The number of rotatable bonds is 13. The second-order valence-corrected chi connectivity index (χ2v) is 8.01. The number of aliphatic hydroxyl groups is 1. The molecule has 0 amide bonds. The van der Waals surface area contributed by atoms with Crippen molar-refractivity contribution in [3.8, 4) is 11.5 Å². The van der Waals surface area contributed by atoms with Crippen LogP contribution in [0.3, 0.4) is 0 Å². The third-order valence-corrected chi connectivity index (χ3v) is 5.32. The molecule has 0 aromatic heterocycles. The molecule has 6 nitrogen and oxygen atoms in total. The van der Waals surface area contributed by atoms with Crippen LogP contribution in [-0.2, 0) is 13.1 Å². The lowest BCUT2D eigenvalue weighted by Crippen LogP contribution is -2.39. The maximum atomic E-state index is 10.2. The third kappa shape index (κ3) is 8.32. The number of aromatic hydroxyl groups is 2. The molecule has 0 unspecified atom stereocenters. The van der Waals surface area contributed by atoms with Gasteiger partial charge in [0.2, 0.25) is 0 Å². The van der Waals surface area contributed by atoms with E-state index < -0.39 is 0 Å². The zero-order valence-corrected chi connectivity index (χ0v) is 18.5. The molecule has 166 valence electrons. The molecule has 0 aliphatic heterocycles. The van der Waals surface area contributed by atoms with Crippen LogP contribution in [0.4, 0.5) is 0 Å².